The van der Waals surface area contributed by atoms with Gasteiger partial charge >= 0.3 is 0 Å². The fraction of sp³-hybridized carbons (Fsp3) is 0.480. The lowest BCUT2D eigenvalue weighted by Crippen LogP contribution is -2.54. The molecule has 5 rings (SSSR count). The maximum absolute atomic E-state index is 13.2. The third-order valence-electron chi connectivity index (χ3n) is 6.87. The van der Waals surface area contributed by atoms with Crippen LogP contribution in [0.3, 0.4) is 0 Å². The topological polar surface area (TPSA) is 75.1 Å². The standard InChI is InChI=1S/C25H31IN6O/c1-15-13-31(14-16(2)28-15)19-10-8-18(9-11-19)29-25-27-12-21-17(3)22(26)24(33)32(23(21)30-25)20-6-4-5-7-20/h8-12,15-16,20,28H,4-7,13-14H2,1-3H3,(H,27,29,30). The molecule has 1 saturated heterocycles. The Kier molecular flexibility index (Phi) is 6.30. The van der Waals surface area contributed by atoms with Crippen molar-refractivity contribution >= 4 is 50.9 Å². The number of nitrogens with one attached hydrogen (secondary N) is 2. The minimum atomic E-state index is 0.0704. The van der Waals surface area contributed by atoms with E-state index in [-0.39, 0.29) is 11.6 Å². The number of aromatic nitrogens is 3. The molecule has 1 aliphatic carbocycles. The molecule has 33 heavy (non-hydrogen) atoms. The van der Waals surface area contributed by atoms with Crippen molar-refractivity contribution in [1.29, 1.82) is 0 Å². The monoisotopic (exact) mass is 558 g/mol. The van der Waals surface area contributed by atoms with E-state index in [1.165, 1.54) is 5.69 Å². The van der Waals surface area contributed by atoms with Gasteiger partial charge in [-0.25, -0.2) is 4.98 Å². The second-order valence-electron chi connectivity index (χ2n) is 9.53. The number of halogens is 1. The molecule has 8 heteroatoms. The van der Waals surface area contributed by atoms with Crippen LogP contribution in [-0.4, -0.2) is 39.7 Å². The molecule has 0 amide bonds. The van der Waals surface area contributed by atoms with Crippen LogP contribution in [0.5, 0.6) is 0 Å². The number of piperazine rings is 1. The minimum Gasteiger partial charge on any atom is -0.368 e. The minimum absolute atomic E-state index is 0.0704. The van der Waals surface area contributed by atoms with Crippen molar-refractivity contribution in [3.8, 4) is 0 Å². The van der Waals surface area contributed by atoms with Gasteiger partial charge in [0.25, 0.3) is 5.56 Å². The van der Waals surface area contributed by atoms with Gasteiger partial charge in [-0.3, -0.25) is 9.36 Å². The maximum Gasteiger partial charge on any atom is 0.266 e. The van der Waals surface area contributed by atoms with Crippen LogP contribution in [0.2, 0.25) is 0 Å². The molecule has 1 aliphatic heterocycles. The lowest BCUT2D eigenvalue weighted by atomic mass is 10.1. The van der Waals surface area contributed by atoms with Gasteiger partial charge in [-0.15, -0.1) is 0 Å². The third-order valence-corrected chi connectivity index (χ3v) is 8.14. The van der Waals surface area contributed by atoms with Crippen LogP contribution in [-0.2, 0) is 0 Å². The highest BCUT2D eigenvalue weighted by Gasteiger charge is 2.24. The summed E-state index contributed by atoms with van der Waals surface area (Å²) in [6.45, 7) is 8.44. The van der Waals surface area contributed by atoms with Crippen molar-refractivity contribution in [3.05, 3.63) is 49.9 Å². The third kappa shape index (κ3) is 4.47. The number of rotatable bonds is 4. The van der Waals surface area contributed by atoms with Gasteiger partial charge in [0.2, 0.25) is 5.95 Å². The largest absolute Gasteiger partial charge is 0.368 e. The van der Waals surface area contributed by atoms with Gasteiger partial charge in [0.05, 0.1) is 3.57 Å². The average molecular weight is 558 g/mol. The zero-order chi connectivity index (χ0) is 23.1. The fourth-order valence-corrected chi connectivity index (χ4v) is 5.84. The normalized spacial score (nSPS) is 21.6. The summed E-state index contributed by atoms with van der Waals surface area (Å²) in [6, 6.07) is 9.61. The highest BCUT2D eigenvalue weighted by molar-refractivity contribution is 14.1. The van der Waals surface area contributed by atoms with Crippen LogP contribution in [0.25, 0.3) is 11.0 Å². The van der Waals surface area contributed by atoms with Crippen LogP contribution in [0.15, 0.2) is 35.3 Å². The first-order chi connectivity index (χ1) is 15.9. The highest BCUT2D eigenvalue weighted by Crippen LogP contribution is 2.32. The number of hydrogen-bond acceptors (Lipinski definition) is 6. The van der Waals surface area contributed by atoms with E-state index >= 15 is 0 Å². The Labute approximate surface area is 208 Å². The molecule has 0 bridgehead atoms. The van der Waals surface area contributed by atoms with Crippen molar-refractivity contribution in [3.63, 3.8) is 0 Å². The molecule has 3 aromatic rings. The van der Waals surface area contributed by atoms with Gasteiger partial charge in [-0.1, -0.05) is 12.8 Å². The summed E-state index contributed by atoms with van der Waals surface area (Å²) in [5, 5.41) is 7.88. The molecular weight excluding hydrogens is 527 g/mol. The smallest absolute Gasteiger partial charge is 0.266 e. The summed E-state index contributed by atoms with van der Waals surface area (Å²) >= 11 is 2.17. The van der Waals surface area contributed by atoms with Crippen LogP contribution in [0.1, 0.15) is 51.1 Å². The first-order valence-corrected chi connectivity index (χ1v) is 12.9. The zero-order valence-corrected chi connectivity index (χ0v) is 21.6. The number of benzene rings is 1. The number of anilines is 3. The summed E-state index contributed by atoms with van der Waals surface area (Å²) in [4.78, 5) is 25.0. The van der Waals surface area contributed by atoms with Crippen molar-refractivity contribution in [1.82, 2.24) is 19.9 Å². The SMILES string of the molecule is Cc1c(I)c(=O)n(C2CCCC2)c2nc(Nc3ccc(N4CC(C)NC(C)C4)cc3)ncc12. The molecule has 2 atom stereocenters. The molecule has 3 heterocycles. The molecule has 174 valence electrons. The van der Waals surface area contributed by atoms with Gasteiger partial charge in [0.15, 0.2) is 0 Å². The van der Waals surface area contributed by atoms with Gasteiger partial charge in [0.1, 0.15) is 5.65 Å². The van der Waals surface area contributed by atoms with Crippen LogP contribution in [0, 0.1) is 10.5 Å². The number of hydrogen-bond donors (Lipinski definition) is 2. The average Bonchev–Trinajstić information content (AvgIpc) is 3.32. The first kappa shape index (κ1) is 22.6. The number of aryl methyl sites for hydroxylation is 1. The van der Waals surface area contributed by atoms with E-state index in [1.807, 2.05) is 17.7 Å². The first-order valence-electron chi connectivity index (χ1n) is 11.9. The van der Waals surface area contributed by atoms with E-state index in [4.69, 9.17) is 4.98 Å². The van der Waals surface area contributed by atoms with Crippen LogP contribution < -0.4 is 21.1 Å². The van der Waals surface area contributed by atoms with Gasteiger partial charge in [-0.2, -0.15) is 4.98 Å². The molecule has 0 radical (unpaired) electrons. The predicted molar refractivity (Wildman–Crippen MR) is 143 cm³/mol. The van der Waals surface area contributed by atoms with Crippen molar-refractivity contribution in [2.75, 3.05) is 23.3 Å². The van der Waals surface area contributed by atoms with E-state index in [1.54, 1.807) is 0 Å². The maximum atomic E-state index is 13.2. The van der Waals surface area contributed by atoms with Crippen molar-refractivity contribution in [2.24, 2.45) is 0 Å². The van der Waals surface area contributed by atoms with Crippen LogP contribution in [0.4, 0.5) is 17.3 Å². The lowest BCUT2D eigenvalue weighted by molar-refractivity contribution is 0.407. The van der Waals surface area contributed by atoms with E-state index in [2.05, 4.69) is 81.2 Å². The van der Waals surface area contributed by atoms with Gasteiger partial charge in [0, 0.05) is 54.2 Å². The Morgan fingerprint density at radius 3 is 2.42 bits per heavy atom. The Bertz CT molecular complexity index is 1210. The fourth-order valence-electron chi connectivity index (χ4n) is 5.29. The van der Waals surface area contributed by atoms with Gasteiger partial charge in [-0.05, 0) is 86.0 Å². The Balaban J connectivity index is 1.44. The molecule has 2 aliphatic rings. The molecule has 0 spiro atoms. The molecule has 2 fully saturated rings. The summed E-state index contributed by atoms with van der Waals surface area (Å²) in [6.07, 6.45) is 6.24. The second-order valence-corrected chi connectivity index (χ2v) is 10.6. The molecular formula is C25H31IN6O. The lowest BCUT2D eigenvalue weighted by Gasteiger charge is -2.37. The molecule has 7 nitrogen and oxygen atoms in total. The number of nitrogens with zero attached hydrogens (tertiary/aromatic N) is 4. The molecule has 2 N–H and O–H groups in total. The Morgan fingerprint density at radius 2 is 1.76 bits per heavy atom. The highest BCUT2D eigenvalue weighted by atomic mass is 127. The van der Waals surface area contributed by atoms with E-state index < -0.39 is 0 Å². The molecule has 2 aromatic heterocycles. The number of fused-ring (bicyclic) bond motifs is 1. The predicted octanol–water partition coefficient (Wildman–Crippen LogP) is 4.75. The van der Waals surface area contributed by atoms with E-state index in [9.17, 15) is 4.79 Å². The quantitative estimate of drug-likeness (QED) is 0.451. The Morgan fingerprint density at radius 1 is 1.09 bits per heavy atom. The second kappa shape index (κ2) is 9.21. The van der Waals surface area contributed by atoms with Crippen LogP contribution >= 0.6 is 22.6 Å². The Hall–Kier alpha value is -2.20. The summed E-state index contributed by atoms with van der Waals surface area (Å²) < 4.78 is 2.68. The van der Waals surface area contributed by atoms with Gasteiger partial charge < -0.3 is 15.5 Å². The summed E-state index contributed by atoms with van der Waals surface area (Å²) in [5.74, 6) is 0.520. The van der Waals surface area contributed by atoms with E-state index in [0.717, 1.165) is 64.6 Å². The molecule has 1 aromatic carbocycles. The zero-order valence-electron chi connectivity index (χ0n) is 19.4. The van der Waals surface area contributed by atoms with Crippen molar-refractivity contribution < 1.29 is 0 Å². The van der Waals surface area contributed by atoms with Crippen molar-refractivity contribution in [2.45, 2.75) is 64.6 Å². The molecule has 2 unspecified atom stereocenters. The van der Waals surface area contributed by atoms with E-state index in [0.29, 0.717) is 18.0 Å². The summed E-state index contributed by atoms with van der Waals surface area (Å²) in [7, 11) is 0. The molecule has 1 saturated carbocycles. The number of pyridine rings is 1. The summed E-state index contributed by atoms with van der Waals surface area (Å²) in [5.41, 5.74) is 3.93.